The molecule has 0 aliphatic rings. The number of hydrogen-bond acceptors (Lipinski definition) is 6. The highest BCUT2D eigenvalue weighted by Gasteiger charge is 2.02. The molecule has 0 aliphatic heterocycles. The number of hydrogen-bond donors (Lipinski definition) is 0. The highest BCUT2D eigenvalue weighted by atomic mass is 16.7. The Kier molecular flexibility index (Phi) is 15.3. The van der Waals surface area contributed by atoms with Crippen molar-refractivity contribution in [3.63, 3.8) is 0 Å². The van der Waals surface area contributed by atoms with Crippen molar-refractivity contribution in [3.05, 3.63) is 74.0 Å². The topological polar surface area (TPSA) is 63.2 Å². The standard InChI is InChI=1S/C30H40O6/c1-3-30(31)36-24-12-8-7-11-23-35-29-19-15-27(16-20-29)26-13-17-28(18-14-26)34-22-10-6-5-9-21-33-25-32-4-2/h3-4,13-20H,1-2,5-12,21-25H2. The molecule has 2 aromatic rings. The maximum Gasteiger partial charge on any atom is 0.330 e. The molecule has 6 heteroatoms. The van der Waals surface area contributed by atoms with Gasteiger partial charge in [0.15, 0.2) is 6.79 Å². The minimum atomic E-state index is -0.359. The summed E-state index contributed by atoms with van der Waals surface area (Å²) in [6.07, 6.45) is 10.7. The molecule has 0 aliphatic carbocycles. The van der Waals surface area contributed by atoms with Crippen molar-refractivity contribution in [1.82, 2.24) is 0 Å². The second-order valence-electron chi connectivity index (χ2n) is 8.31. The van der Waals surface area contributed by atoms with Crippen molar-refractivity contribution in [2.75, 3.05) is 33.2 Å². The van der Waals surface area contributed by atoms with Crippen LogP contribution in [0.2, 0.25) is 0 Å². The van der Waals surface area contributed by atoms with Crippen LogP contribution in [0.25, 0.3) is 11.1 Å². The van der Waals surface area contributed by atoms with Crippen molar-refractivity contribution in [3.8, 4) is 22.6 Å². The molecule has 0 heterocycles. The van der Waals surface area contributed by atoms with Gasteiger partial charge < -0.3 is 23.7 Å². The van der Waals surface area contributed by atoms with Crippen LogP contribution in [0.1, 0.15) is 51.4 Å². The van der Waals surface area contributed by atoms with E-state index in [4.69, 9.17) is 23.7 Å². The van der Waals surface area contributed by atoms with E-state index in [1.807, 2.05) is 24.3 Å². The van der Waals surface area contributed by atoms with Crippen molar-refractivity contribution in [1.29, 1.82) is 0 Å². The van der Waals surface area contributed by atoms with E-state index in [9.17, 15) is 4.79 Å². The number of esters is 1. The van der Waals surface area contributed by atoms with Gasteiger partial charge in [-0.1, -0.05) is 43.8 Å². The average Bonchev–Trinajstić information content (AvgIpc) is 2.91. The normalized spacial score (nSPS) is 10.4. The van der Waals surface area contributed by atoms with Crippen LogP contribution in [-0.2, 0) is 19.0 Å². The van der Waals surface area contributed by atoms with Crippen LogP contribution in [0.4, 0.5) is 0 Å². The Morgan fingerprint density at radius 1 is 0.639 bits per heavy atom. The lowest BCUT2D eigenvalue weighted by Gasteiger charge is -2.09. The Morgan fingerprint density at radius 3 is 1.58 bits per heavy atom. The second kappa shape index (κ2) is 19.0. The first kappa shape index (κ1) is 29.0. The fourth-order valence-electron chi connectivity index (χ4n) is 3.47. The number of rotatable bonds is 21. The van der Waals surface area contributed by atoms with Gasteiger partial charge >= 0.3 is 5.97 Å². The summed E-state index contributed by atoms with van der Waals surface area (Å²) < 4.78 is 26.9. The summed E-state index contributed by atoms with van der Waals surface area (Å²) in [4.78, 5) is 11.0. The van der Waals surface area contributed by atoms with Crippen LogP contribution < -0.4 is 9.47 Å². The second-order valence-corrected chi connectivity index (χ2v) is 8.31. The quantitative estimate of drug-likeness (QED) is 0.0604. The molecular formula is C30H40O6. The fraction of sp³-hybridized carbons (Fsp3) is 0.433. The number of carbonyl (C=O) groups excluding carboxylic acids is 1. The first-order valence-corrected chi connectivity index (χ1v) is 12.8. The molecule has 0 spiro atoms. The van der Waals surface area contributed by atoms with Crippen molar-refractivity contribution in [2.24, 2.45) is 0 Å². The molecule has 0 aromatic heterocycles. The van der Waals surface area contributed by atoms with E-state index >= 15 is 0 Å². The third-order valence-corrected chi connectivity index (χ3v) is 5.48. The molecule has 0 amide bonds. The average molecular weight is 497 g/mol. The lowest BCUT2D eigenvalue weighted by atomic mass is 10.1. The molecule has 0 saturated carbocycles. The number of ether oxygens (including phenoxy) is 5. The van der Waals surface area contributed by atoms with Gasteiger partial charge in [-0.3, -0.25) is 0 Å². The van der Waals surface area contributed by atoms with E-state index in [1.54, 1.807) is 0 Å². The van der Waals surface area contributed by atoms with E-state index in [0.29, 0.717) is 26.4 Å². The first-order valence-electron chi connectivity index (χ1n) is 12.8. The zero-order chi connectivity index (χ0) is 25.7. The molecule has 196 valence electrons. The van der Waals surface area contributed by atoms with E-state index in [1.165, 1.54) is 12.3 Å². The predicted molar refractivity (Wildman–Crippen MR) is 143 cm³/mol. The van der Waals surface area contributed by atoms with Gasteiger partial charge in [0.05, 0.1) is 32.7 Å². The van der Waals surface area contributed by atoms with Crippen LogP contribution >= 0.6 is 0 Å². The maximum absolute atomic E-state index is 11.0. The molecule has 2 rings (SSSR count). The Balaban J connectivity index is 1.56. The van der Waals surface area contributed by atoms with Gasteiger partial charge in [0, 0.05) is 6.08 Å². The van der Waals surface area contributed by atoms with E-state index < -0.39 is 0 Å². The molecule has 6 nitrogen and oxygen atoms in total. The molecule has 0 N–H and O–H groups in total. The smallest absolute Gasteiger partial charge is 0.330 e. The van der Waals surface area contributed by atoms with Gasteiger partial charge in [-0.15, -0.1) is 0 Å². The third kappa shape index (κ3) is 13.0. The minimum absolute atomic E-state index is 0.279. The third-order valence-electron chi connectivity index (χ3n) is 5.48. The zero-order valence-corrected chi connectivity index (χ0v) is 21.3. The Morgan fingerprint density at radius 2 is 1.11 bits per heavy atom. The van der Waals surface area contributed by atoms with Crippen LogP contribution in [0.15, 0.2) is 74.0 Å². The lowest BCUT2D eigenvalue weighted by Crippen LogP contribution is -2.02. The molecule has 0 atom stereocenters. The number of carbonyl (C=O) groups is 1. The zero-order valence-electron chi connectivity index (χ0n) is 21.3. The highest BCUT2D eigenvalue weighted by Crippen LogP contribution is 2.25. The fourth-order valence-corrected chi connectivity index (χ4v) is 3.47. The summed E-state index contributed by atoms with van der Waals surface area (Å²) in [5.74, 6) is 1.40. The van der Waals surface area contributed by atoms with Gasteiger partial charge in [0.2, 0.25) is 0 Å². The van der Waals surface area contributed by atoms with Gasteiger partial charge in [-0.05, 0) is 80.3 Å². The van der Waals surface area contributed by atoms with Gasteiger partial charge in [-0.25, -0.2) is 4.79 Å². The largest absolute Gasteiger partial charge is 0.494 e. The molecule has 0 fully saturated rings. The van der Waals surface area contributed by atoms with Crippen LogP contribution in [0.3, 0.4) is 0 Å². The van der Waals surface area contributed by atoms with E-state index in [0.717, 1.165) is 74.0 Å². The van der Waals surface area contributed by atoms with Crippen LogP contribution in [0.5, 0.6) is 11.5 Å². The molecule has 0 radical (unpaired) electrons. The summed E-state index contributed by atoms with van der Waals surface area (Å²) in [6.45, 7) is 9.68. The Labute approximate surface area is 215 Å². The SMILES string of the molecule is C=COCOCCCCCCOc1ccc(-c2ccc(OCCCCCCOC(=O)C=C)cc2)cc1. The lowest BCUT2D eigenvalue weighted by molar-refractivity contribution is -0.137. The maximum atomic E-state index is 11.0. The minimum Gasteiger partial charge on any atom is -0.494 e. The summed E-state index contributed by atoms with van der Waals surface area (Å²) in [5, 5.41) is 0. The Bertz CT molecular complexity index is 860. The highest BCUT2D eigenvalue weighted by molar-refractivity contribution is 5.81. The molecular weight excluding hydrogens is 456 g/mol. The van der Waals surface area contributed by atoms with Crippen molar-refractivity contribution in [2.45, 2.75) is 51.4 Å². The molecule has 0 saturated heterocycles. The molecule has 2 aromatic carbocycles. The van der Waals surface area contributed by atoms with Gasteiger partial charge in [0.1, 0.15) is 11.5 Å². The van der Waals surface area contributed by atoms with E-state index in [2.05, 4.69) is 37.4 Å². The predicted octanol–water partition coefficient (Wildman–Crippen LogP) is 7.10. The van der Waals surface area contributed by atoms with Crippen LogP contribution in [0, 0.1) is 0 Å². The van der Waals surface area contributed by atoms with Crippen molar-refractivity contribution >= 4 is 5.97 Å². The number of benzene rings is 2. The summed E-state index contributed by atoms with van der Waals surface area (Å²) in [7, 11) is 0. The Hall–Kier alpha value is -3.25. The summed E-state index contributed by atoms with van der Waals surface area (Å²) in [6, 6.07) is 16.4. The molecule has 0 bridgehead atoms. The molecule has 0 unspecified atom stereocenters. The number of unbranched alkanes of at least 4 members (excludes halogenated alkanes) is 6. The van der Waals surface area contributed by atoms with Crippen molar-refractivity contribution < 1.29 is 28.5 Å². The van der Waals surface area contributed by atoms with E-state index in [-0.39, 0.29) is 12.8 Å². The van der Waals surface area contributed by atoms with Crippen LogP contribution in [-0.4, -0.2) is 39.2 Å². The summed E-state index contributed by atoms with van der Waals surface area (Å²) in [5.41, 5.74) is 2.29. The molecule has 36 heavy (non-hydrogen) atoms. The first-order chi connectivity index (χ1) is 17.7. The van der Waals surface area contributed by atoms with Gasteiger partial charge in [-0.2, -0.15) is 0 Å². The monoisotopic (exact) mass is 496 g/mol. The summed E-state index contributed by atoms with van der Waals surface area (Å²) >= 11 is 0. The van der Waals surface area contributed by atoms with Gasteiger partial charge in [0.25, 0.3) is 0 Å².